The van der Waals surface area contributed by atoms with E-state index in [1.807, 2.05) is 23.2 Å². The van der Waals surface area contributed by atoms with Crippen molar-refractivity contribution in [1.29, 1.82) is 0 Å². The van der Waals surface area contributed by atoms with Crippen LogP contribution in [0.4, 0.5) is 0 Å². The van der Waals surface area contributed by atoms with E-state index in [1.54, 1.807) is 0 Å². The van der Waals surface area contributed by atoms with Gasteiger partial charge in [-0.05, 0) is 55.0 Å². The van der Waals surface area contributed by atoms with Crippen molar-refractivity contribution in [2.45, 2.75) is 38.2 Å². The van der Waals surface area contributed by atoms with Crippen LogP contribution < -0.4 is 10.1 Å². The lowest BCUT2D eigenvalue weighted by Crippen LogP contribution is -2.50. The van der Waals surface area contributed by atoms with Crippen LogP contribution in [-0.2, 0) is 24.1 Å². The van der Waals surface area contributed by atoms with Crippen LogP contribution in [0.15, 0.2) is 24.4 Å². The van der Waals surface area contributed by atoms with Crippen molar-refractivity contribution in [2.24, 2.45) is 0 Å². The Bertz CT molecular complexity index is 924. The van der Waals surface area contributed by atoms with E-state index in [2.05, 4.69) is 16.4 Å². The zero-order valence-electron chi connectivity index (χ0n) is 15.8. The highest BCUT2D eigenvalue weighted by Crippen LogP contribution is 2.43. The number of rotatable bonds is 2. The smallest absolute Gasteiger partial charge is 0.264 e. The Morgan fingerprint density at radius 1 is 1.18 bits per heavy atom. The second-order valence-corrected chi connectivity index (χ2v) is 8.25. The van der Waals surface area contributed by atoms with Crippen molar-refractivity contribution in [2.75, 3.05) is 26.2 Å². The second-order valence-electron chi connectivity index (χ2n) is 7.82. The second kappa shape index (κ2) is 7.37. The summed E-state index contributed by atoms with van der Waals surface area (Å²) in [6.45, 7) is 3.15. The summed E-state index contributed by atoms with van der Waals surface area (Å²) in [7, 11) is 0. The third kappa shape index (κ3) is 3.16. The number of carbonyl (C=O) groups excluding carboxylic acids is 1. The van der Waals surface area contributed by atoms with E-state index in [1.165, 1.54) is 24.1 Å². The van der Waals surface area contributed by atoms with E-state index >= 15 is 0 Å². The zero-order valence-corrected chi connectivity index (χ0v) is 16.6. The van der Waals surface area contributed by atoms with Crippen LogP contribution in [-0.4, -0.2) is 48.1 Å². The summed E-state index contributed by atoms with van der Waals surface area (Å²) in [6, 6.07) is 5.98. The van der Waals surface area contributed by atoms with Gasteiger partial charge in [0.25, 0.3) is 5.91 Å². The number of nitrogens with one attached hydrogen (secondary N) is 1. The van der Waals surface area contributed by atoms with Gasteiger partial charge in [0.1, 0.15) is 5.75 Å². The minimum atomic E-state index is -0.456. The van der Waals surface area contributed by atoms with Crippen LogP contribution >= 0.6 is 11.6 Å². The predicted molar refractivity (Wildman–Crippen MR) is 109 cm³/mol. The topological polar surface area (TPSA) is 54.5 Å². The van der Waals surface area contributed by atoms with Crippen molar-refractivity contribution >= 4 is 17.5 Å². The van der Waals surface area contributed by atoms with Gasteiger partial charge in [-0.2, -0.15) is 0 Å². The number of fused-ring (bicyclic) bond motifs is 2. The van der Waals surface area contributed by atoms with E-state index in [-0.39, 0.29) is 5.91 Å². The zero-order chi connectivity index (χ0) is 19.1. The highest BCUT2D eigenvalue weighted by molar-refractivity contribution is 6.31. The first-order valence-corrected chi connectivity index (χ1v) is 10.5. The number of aryl methyl sites for hydroxylation is 1. The van der Waals surface area contributed by atoms with E-state index in [9.17, 15) is 4.79 Å². The van der Waals surface area contributed by atoms with Gasteiger partial charge in [-0.25, -0.2) is 0 Å². The number of hydrogen-bond acceptors (Lipinski definition) is 4. The summed E-state index contributed by atoms with van der Waals surface area (Å²) < 4.78 is 6.26. The maximum Gasteiger partial charge on any atom is 0.264 e. The molecule has 6 heteroatoms. The lowest BCUT2D eigenvalue weighted by Gasteiger charge is -2.29. The fourth-order valence-corrected chi connectivity index (χ4v) is 4.87. The molecule has 1 aliphatic carbocycles. The molecule has 0 spiro atoms. The molecule has 3 heterocycles. The molecular weight excluding hydrogens is 374 g/mol. The number of nitrogens with zero attached hydrogens (tertiary/aromatic N) is 2. The van der Waals surface area contributed by atoms with Gasteiger partial charge in [-0.1, -0.05) is 11.6 Å². The highest BCUT2D eigenvalue weighted by atomic mass is 35.5. The number of halogens is 1. The number of carbonyl (C=O) groups is 1. The average molecular weight is 398 g/mol. The largest absolute Gasteiger partial charge is 0.479 e. The summed E-state index contributed by atoms with van der Waals surface area (Å²) in [5, 5.41) is 3.98. The maximum atomic E-state index is 13.0. The SMILES string of the molecule is O=C([C@H]1Cc2cc(Cl)cc(-c3ccnc4c3CCCC4)c2O1)N1CCNCC1. The molecule has 1 aromatic carbocycles. The minimum Gasteiger partial charge on any atom is -0.479 e. The Kier molecular flexibility index (Phi) is 4.73. The number of pyridine rings is 1. The monoisotopic (exact) mass is 397 g/mol. The van der Waals surface area contributed by atoms with Gasteiger partial charge in [0.2, 0.25) is 0 Å². The molecule has 2 aliphatic heterocycles. The lowest BCUT2D eigenvalue weighted by atomic mass is 9.88. The summed E-state index contributed by atoms with van der Waals surface area (Å²) in [5.41, 5.74) is 5.66. The van der Waals surface area contributed by atoms with E-state index in [4.69, 9.17) is 16.3 Å². The van der Waals surface area contributed by atoms with Crippen LogP contribution in [0, 0.1) is 0 Å². The molecule has 28 heavy (non-hydrogen) atoms. The molecule has 1 saturated heterocycles. The molecule has 1 atom stereocenters. The van der Waals surface area contributed by atoms with Gasteiger partial charge in [-0.3, -0.25) is 9.78 Å². The standard InChI is InChI=1S/C22H24ClN3O2/c23-15-11-14-12-20(22(27)26-9-7-24-8-10-26)28-21(14)18(13-15)16-5-6-25-19-4-2-1-3-17(16)19/h5-6,11,13,20,24H,1-4,7-10,12H2/t20-/m1/s1. The molecule has 5 nitrogen and oxygen atoms in total. The third-order valence-electron chi connectivity index (χ3n) is 6.03. The summed E-state index contributed by atoms with van der Waals surface area (Å²) in [5.74, 6) is 0.897. The molecule has 1 amide bonds. The normalized spacial score (nSPS) is 21.0. The van der Waals surface area contributed by atoms with Gasteiger partial charge >= 0.3 is 0 Å². The van der Waals surface area contributed by atoms with E-state index in [0.717, 1.165) is 61.5 Å². The van der Waals surface area contributed by atoms with Gasteiger partial charge < -0.3 is 15.0 Å². The van der Waals surface area contributed by atoms with Crippen LogP contribution in [0.1, 0.15) is 29.7 Å². The highest BCUT2D eigenvalue weighted by Gasteiger charge is 2.35. The number of piperazine rings is 1. The fraction of sp³-hybridized carbons (Fsp3) is 0.455. The third-order valence-corrected chi connectivity index (χ3v) is 6.24. The average Bonchev–Trinajstić information content (AvgIpc) is 3.17. The molecular formula is C22H24ClN3O2. The number of ether oxygens (including phenoxy) is 1. The first kappa shape index (κ1) is 18.0. The Balaban J connectivity index is 1.50. The molecule has 1 N–H and O–H groups in total. The van der Waals surface area contributed by atoms with Crippen LogP contribution in [0.3, 0.4) is 0 Å². The molecule has 0 unspecified atom stereocenters. The molecule has 146 valence electrons. The summed E-state index contributed by atoms with van der Waals surface area (Å²) >= 11 is 6.46. The van der Waals surface area contributed by atoms with E-state index in [0.29, 0.717) is 11.4 Å². The number of amides is 1. The maximum absolute atomic E-state index is 13.0. The van der Waals surface area contributed by atoms with Crippen molar-refractivity contribution in [3.8, 4) is 16.9 Å². The van der Waals surface area contributed by atoms with Crippen molar-refractivity contribution < 1.29 is 9.53 Å². The Morgan fingerprint density at radius 3 is 2.86 bits per heavy atom. The summed E-state index contributed by atoms with van der Waals surface area (Å²) in [6.07, 6.45) is 6.43. The van der Waals surface area contributed by atoms with Crippen molar-refractivity contribution in [3.05, 3.63) is 46.2 Å². The number of aromatic nitrogens is 1. The Hall–Kier alpha value is -2.11. The molecule has 3 aliphatic rings. The molecule has 5 rings (SSSR count). The number of benzene rings is 1. The van der Waals surface area contributed by atoms with Gasteiger partial charge in [0, 0.05) is 60.6 Å². The first-order valence-electron chi connectivity index (χ1n) is 10.2. The van der Waals surface area contributed by atoms with E-state index < -0.39 is 6.10 Å². The summed E-state index contributed by atoms with van der Waals surface area (Å²) in [4.78, 5) is 19.5. The molecule has 1 fully saturated rings. The van der Waals surface area contributed by atoms with Crippen LogP contribution in [0.2, 0.25) is 5.02 Å². The van der Waals surface area contributed by atoms with Gasteiger partial charge in [0.15, 0.2) is 6.10 Å². The Labute approximate surface area is 170 Å². The molecule has 0 saturated carbocycles. The van der Waals surface area contributed by atoms with Crippen LogP contribution in [0.25, 0.3) is 11.1 Å². The Morgan fingerprint density at radius 2 is 2.00 bits per heavy atom. The quantitative estimate of drug-likeness (QED) is 0.846. The molecule has 0 bridgehead atoms. The molecule has 2 aromatic rings. The minimum absolute atomic E-state index is 0.0801. The predicted octanol–water partition coefficient (Wildman–Crippen LogP) is 3.02. The lowest BCUT2D eigenvalue weighted by molar-refractivity contribution is -0.138. The van der Waals surface area contributed by atoms with Crippen molar-refractivity contribution in [1.82, 2.24) is 15.2 Å². The number of hydrogen-bond donors (Lipinski definition) is 1. The first-order chi connectivity index (χ1) is 13.7. The molecule has 1 aromatic heterocycles. The fourth-order valence-electron chi connectivity index (χ4n) is 4.63. The van der Waals surface area contributed by atoms with Crippen molar-refractivity contribution in [3.63, 3.8) is 0 Å². The van der Waals surface area contributed by atoms with Gasteiger partial charge in [0.05, 0.1) is 0 Å². The van der Waals surface area contributed by atoms with Gasteiger partial charge in [-0.15, -0.1) is 0 Å². The van der Waals surface area contributed by atoms with Crippen LogP contribution in [0.5, 0.6) is 5.75 Å². The molecule has 0 radical (unpaired) electrons.